The number of nitrogens with zero attached hydrogens (tertiary/aromatic N) is 2. The molecule has 0 spiro atoms. The number of benzene rings is 3. The highest BCUT2D eigenvalue weighted by Gasteiger charge is 2.17. The van der Waals surface area contributed by atoms with Gasteiger partial charge < -0.3 is 10.6 Å². The molecule has 4 rings (SSSR count). The summed E-state index contributed by atoms with van der Waals surface area (Å²) in [6, 6.07) is 21.7. The number of nitrogens with one attached hydrogen (secondary N) is 2. The highest BCUT2D eigenvalue weighted by molar-refractivity contribution is 6.05. The van der Waals surface area contributed by atoms with Gasteiger partial charge in [0.05, 0.1) is 16.9 Å². The van der Waals surface area contributed by atoms with Gasteiger partial charge in [-0.3, -0.25) is 4.79 Å². The third-order valence-electron chi connectivity index (χ3n) is 5.05. The van der Waals surface area contributed by atoms with Crippen LogP contribution in [0, 0.1) is 11.6 Å². The van der Waals surface area contributed by atoms with Crippen molar-refractivity contribution in [3.05, 3.63) is 114 Å². The maximum atomic E-state index is 14.0. The zero-order valence-electron chi connectivity index (χ0n) is 17.8. The van der Waals surface area contributed by atoms with Crippen molar-refractivity contribution < 1.29 is 13.6 Å². The summed E-state index contributed by atoms with van der Waals surface area (Å²) < 4.78 is 27.1. The van der Waals surface area contributed by atoms with Gasteiger partial charge in [0.2, 0.25) is 0 Å². The number of carbonyl (C=O) groups is 1. The summed E-state index contributed by atoms with van der Waals surface area (Å²) in [5, 5.41) is 5.88. The Bertz CT molecular complexity index is 1230. The Kier molecular flexibility index (Phi) is 7.12. The third kappa shape index (κ3) is 5.84. The standard InChI is InChI=1S/C26H22F2N4O/c27-20-12-10-18(11-13-20)16-29-15-14-23-21(26(33)32-24-9-5-4-8-22(24)28)17-30-25(31-23)19-6-2-1-3-7-19/h1-13,17,29H,14-16H2,(H,32,33). The predicted octanol–water partition coefficient (Wildman–Crippen LogP) is 5.01. The molecular weight excluding hydrogens is 422 g/mol. The summed E-state index contributed by atoms with van der Waals surface area (Å²) in [5.41, 5.74) is 2.70. The molecule has 0 aliphatic rings. The Labute approximate surface area is 190 Å². The van der Waals surface area contributed by atoms with Crippen LogP contribution >= 0.6 is 0 Å². The topological polar surface area (TPSA) is 66.9 Å². The minimum atomic E-state index is -0.518. The number of anilines is 1. The molecule has 7 heteroatoms. The minimum absolute atomic E-state index is 0.0926. The van der Waals surface area contributed by atoms with E-state index in [0.717, 1.165) is 11.1 Å². The summed E-state index contributed by atoms with van der Waals surface area (Å²) in [5.74, 6) is -0.770. The molecule has 0 aliphatic heterocycles. The van der Waals surface area contributed by atoms with Gasteiger partial charge >= 0.3 is 0 Å². The zero-order chi connectivity index (χ0) is 23.0. The van der Waals surface area contributed by atoms with E-state index in [0.29, 0.717) is 31.0 Å². The average Bonchev–Trinajstić information content (AvgIpc) is 2.85. The Morgan fingerprint density at radius 3 is 2.36 bits per heavy atom. The predicted molar refractivity (Wildman–Crippen MR) is 124 cm³/mol. The van der Waals surface area contributed by atoms with E-state index in [-0.39, 0.29) is 17.1 Å². The van der Waals surface area contributed by atoms with Gasteiger partial charge in [-0.2, -0.15) is 0 Å². The molecule has 0 unspecified atom stereocenters. The molecule has 1 heterocycles. The second kappa shape index (κ2) is 10.6. The molecule has 4 aromatic rings. The number of aromatic nitrogens is 2. The van der Waals surface area contributed by atoms with Gasteiger partial charge in [0.1, 0.15) is 11.6 Å². The first-order chi connectivity index (χ1) is 16.1. The second-order valence-electron chi connectivity index (χ2n) is 7.41. The molecule has 33 heavy (non-hydrogen) atoms. The molecule has 0 aliphatic carbocycles. The smallest absolute Gasteiger partial charge is 0.259 e. The van der Waals surface area contributed by atoms with Crippen LogP contribution in [-0.2, 0) is 13.0 Å². The molecule has 0 fully saturated rings. The van der Waals surface area contributed by atoms with Gasteiger partial charge in [0.25, 0.3) is 5.91 Å². The Morgan fingerprint density at radius 1 is 0.879 bits per heavy atom. The lowest BCUT2D eigenvalue weighted by molar-refractivity contribution is 0.102. The van der Waals surface area contributed by atoms with E-state index in [9.17, 15) is 13.6 Å². The molecule has 0 saturated carbocycles. The summed E-state index contributed by atoms with van der Waals surface area (Å²) in [6.45, 7) is 1.08. The van der Waals surface area contributed by atoms with Crippen LogP contribution in [0.5, 0.6) is 0 Å². The third-order valence-corrected chi connectivity index (χ3v) is 5.05. The average molecular weight is 444 g/mol. The molecule has 5 nitrogen and oxygen atoms in total. The van der Waals surface area contributed by atoms with Crippen LogP contribution in [-0.4, -0.2) is 22.4 Å². The van der Waals surface area contributed by atoms with Crippen LogP contribution in [0.15, 0.2) is 85.1 Å². The normalized spacial score (nSPS) is 10.7. The Balaban J connectivity index is 1.52. The summed E-state index contributed by atoms with van der Waals surface area (Å²) >= 11 is 0. The number of amides is 1. The van der Waals surface area contributed by atoms with Crippen molar-refractivity contribution in [1.82, 2.24) is 15.3 Å². The van der Waals surface area contributed by atoms with Gasteiger partial charge in [0.15, 0.2) is 5.82 Å². The van der Waals surface area contributed by atoms with Gasteiger partial charge in [-0.1, -0.05) is 54.6 Å². The lowest BCUT2D eigenvalue weighted by Gasteiger charge is -2.12. The first-order valence-corrected chi connectivity index (χ1v) is 10.5. The van der Waals surface area contributed by atoms with Crippen LogP contribution in [0.3, 0.4) is 0 Å². The van der Waals surface area contributed by atoms with Crippen molar-refractivity contribution >= 4 is 11.6 Å². The summed E-state index contributed by atoms with van der Waals surface area (Å²) in [6.07, 6.45) is 1.92. The summed E-state index contributed by atoms with van der Waals surface area (Å²) in [4.78, 5) is 21.9. The summed E-state index contributed by atoms with van der Waals surface area (Å²) in [7, 11) is 0. The number of carbonyl (C=O) groups excluding carboxylic acids is 1. The molecule has 0 atom stereocenters. The van der Waals surface area contributed by atoms with Crippen LogP contribution in [0.4, 0.5) is 14.5 Å². The largest absolute Gasteiger partial charge is 0.319 e. The number of hydrogen-bond donors (Lipinski definition) is 2. The van der Waals surface area contributed by atoms with Gasteiger partial charge in [-0.05, 0) is 29.8 Å². The van der Waals surface area contributed by atoms with E-state index < -0.39 is 11.7 Å². The minimum Gasteiger partial charge on any atom is -0.319 e. The van der Waals surface area contributed by atoms with Crippen molar-refractivity contribution in [2.24, 2.45) is 0 Å². The fraction of sp³-hybridized carbons (Fsp3) is 0.115. The SMILES string of the molecule is O=C(Nc1ccccc1F)c1cnc(-c2ccccc2)nc1CCNCc1ccc(F)cc1. The lowest BCUT2D eigenvalue weighted by atomic mass is 10.1. The first kappa shape index (κ1) is 22.2. The monoisotopic (exact) mass is 444 g/mol. The van der Waals surface area contributed by atoms with E-state index in [1.54, 1.807) is 24.3 Å². The molecule has 166 valence electrons. The first-order valence-electron chi connectivity index (χ1n) is 10.5. The van der Waals surface area contributed by atoms with Crippen molar-refractivity contribution in [3.8, 4) is 11.4 Å². The molecule has 1 amide bonds. The maximum absolute atomic E-state index is 14.0. The number of halogens is 2. The van der Waals surface area contributed by atoms with Crippen LogP contribution in [0.2, 0.25) is 0 Å². The Morgan fingerprint density at radius 2 is 1.61 bits per heavy atom. The molecule has 0 radical (unpaired) electrons. The molecule has 0 bridgehead atoms. The van der Waals surface area contributed by atoms with E-state index in [2.05, 4.69) is 20.6 Å². The zero-order valence-corrected chi connectivity index (χ0v) is 17.8. The highest BCUT2D eigenvalue weighted by Crippen LogP contribution is 2.19. The van der Waals surface area contributed by atoms with Crippen molar-refractivity contribution in [1.29, 1.82) is 0 Å². The molecule has 1 aromatic heterocycles. The molecule has 2 N–H and O–H groups in total. The van der Waals surface area contributed by atoms with E-state index in [1.165, 1.54) is 30.5 Å². The number of hydrogen-bond acceptors (Lipinski definition) is 4. The molecular formula is C26H22F2N4O. The number of rotatable bonds is 8. The second-order valence-corrected chi connectivity index (χ2v) is 7.41. The van der Waals surface area contributed by atoms with Gasteiger partial charge in [0, 0.05) is 31.3 Å². The van der Waals surface area contributed by atoms with Gasteiger partial charge in [-0.25, -0.2) is 18.7 Å². The maximum Gasteiger partial charge on any atom is 0.259 e. The van der Waals surface area contributed by atoms with Gasteiger partial charge in [-0.15, -0.1) is 0 Å². The quantitative estimate of drug-likeness (QED) is 0.375. The van der Waals surface area contributed by atoms with Crippen molar-refractivity contribution in [2.45, 2.75) is 13.0 Å². The van der Waals surface area contributed by atoms with E-state index >= 15 is 0 Å². The van der Waals surface area contributed by atoms with Crippen LogP contribution in [0.25, 0.3) is 11.4 Å². The van der Waals surface area contributed by atoms with E-state index in [1.807, 2.05) is 30.3 Å². The Hall–Kier alpha value is -3.97. The van der Waals surface area contributed by atoms with Crippen LogP contribution in [0.1, 0.15) is 21.6 Å². The van der Waals surface area contributed by atoms with Crippen molar-refractivity contribution in [3.63, 3.8) is 0 Å². The number of para-hydroxylation sites is 1. The van der Waals surface area contributed by atoms with Crippen LogP contribution < -0.4 is 10.6 Å². The fourth-order valence-corrected chi connectivity index (χ4v) is 3.32. The fourth-order valence-electron chi connectivity index (χ4n) is 3.32. The van der Waals surface area contributed by atoms with Crippen molar-refractivity contribution in [2.75, 3.05) is 11.9 Å². The van der Waals surface area contributed by atoms with E-state index in [4.69, 9.17) is 0 Å². The molecule has 0 saturated heterocycles. The molecule has 3 aromatic carbocycles. The highest BCUT2D eigenvalue weighted by atomic mass is 19.1. The lowest BCUT2D eigenvalue weighted by Crippen LogP contribution is -2.21.